The van der Waals surface area contributed by atoms with Gasteiger partial charge in [-0.2, -0.15) is 8.42 Å². The molecule has 0 bridgehead atoms. The van der Waals surface area contributed by atoms with Crippen LogP contribution in [0.3, 0.4) is 0 Å². The van der Waals surface area contributed by atoms with Crippen molar-refractivity contribution in [2.75, 3.05) is 47.5 Å². The van der Waals surface area contributed by atoms with E-state index in [-0.39, 0.29) is 10.5 Å². The molecule has 4 aromatic rings. The molecular weight excluding hydrogens is 610 g/mol. The van der Waals surface area contributed by atoms with E-state index in [0.717, 1.165) is 17.4 Å². The predicted octanol–water partition coefficient (Wildman–Crippen LogP) is 4.04. The lowest BCUT2D eigenvalue weighted by atomic mass is 10.1. The van der Waals surface area contributed by atoms with E-state index in [0.29, 0.717) is 55.0 Å². The van der Waals surface area contributed by atoms with Crippen LogP contribution in [0.1, 0.15) is 15.9 Å². The first kappa shape index (κ1) is 32.3. The minimum atomic E-state index is -4.02. The first-order valence-electron chi connectivity index (χ1n) is 13.2. The van der Waals surface area contributed by atoms with Gasteiger partial charge in [0.05, 0.1) is 41.3 Å². The van der Waals surface area contributed by atoms with Crippen LogP contribution in [0.4, 0.5) is 23.0 Å². The number of benzene rings is 3. The summed E-state index contributed by atoms with van der Waals surface area (Å²) in [7, 11) is -7.37. The van der Waals surface area contributed by atoms with Gasteiger partial charge < -0.3 is 20.1 Å². The summed E-state index contributed by atoms with van der Waals surface area (Å²) in [4.78, 5) is 22.5. The average Bonchev–Trinajstić information content (AvgIpc) is 2.97. The molecule has 44 heavy (non-hydrogen) atoms. The smallest absolute Gasteiger partial charge is 0.337 e. The molecule has 1 fully saturated rings. The van der Waals surface area contributed by atoms with E-state index in [9.17, 15) is 26.7 Å². The van der Waals surface area contributed by atoms with Crippen molar-refractivity contribution in [1.82, 2.24) is 9.97 Å². The fraction of sp³-hybridized carbons (Fsp3) is 0.207. The van der Waals surface area contributed by atoms with Gasteiger partial charge in [-0.3, -0.25) is 9.27 Å². The van der Waals surface area contributed by atoms with Gasteiger partial charge in [-0.05, 0) is 55.5 Å². The molecule has 1 aliphatic rings. The number of anilines is 4. The van der Waals surface area contributed by atoms with Crippen molar-refractivity contribution in [3.8, 4) is 11.3 Å². The molecular formula is C29H31N5O8S2. The van der Waals surface area contributed by atoms with E-state index in [4.69, 9.17) is 9.29 Å². The molecule has 0 spiro atoms. The predicted molar refractivity (Wildman–Crippen MR) is 167 cm³/mol. The number of rotatable bonds is 8. The fourth-order valence-corrected chi connectivity index (χ4v) is 5.25. The zero-order valence-corrected chi connectivity index (χ0v) is 25.5. The second-order valence-electron chi connectivity index (χ2n) is 9.77. The number of aromatic carboxylic acids is 1. The van der Waals surface area contributed by atoms with E-state index in [1.54, 1.807) is 66.9 Å². The SMILES string of the molecule is CS(=O)(=O)Nc1ccc(-c2ccnc(Nc3ccc(N4CCOCC4)c(C(=O)O)c3)n2)cc1.Cc1ccc(S(=O)(=O)O)cc1. The summed E-state index contributed by atoms with van der Waals surface area (Å²) in [5.74, 6) is -0.709. The molecule has 0 aliphatic carbocycles. The number of morpholine rings is 1. The van der Waals surface area contributed by atoms with E-state index < -0.39 is 26.1 Å². The van der Waals surface area contributed by atoms with Gasteiger partial charge in [0, 0.05) is 36.2 Å². The fourth-order valence-electron chi connectivity index (χ4n) is 4.21. The van der Waals surface area contributed by atoms with Gasteiger partial charge in [0.15, 0.2) is 0 Å². The number of carbonyl (C=O) groups is 1. The molecule has 0 radical (unpaired) electrons. The van der Waals surface area contributed by atoms with Crippen molar-refractivity contribution in [3.05, 3.63) is 90.1 Å². The minimum Gasteiger partial charge on any atom is -0.478 e. The van der Waals surface area contributed by atoms with Gasteiger partial charge in [-0.1, -0.05) is 29.8 Å². The maximum atomic E-state index is 11.9. The van der Waals surface area contributed by atoms with Crippen molar-refractivity contribution in [1.29, 1.82) is 0 Å². The van der Waals surface area contributed by atoms with Crippen LogP contribution in [0, 0.1) is 6.92 Å². The first-order valence-corrected chi connectivity index (χ1v) is 16.5. The molecule has 0 saturated carbocycles. The molecule has 2 heterocycles. The van der Waals surface area contributed by atoms with Crippen LogP contribution in [-0.2, 0) is 24.9 Å². The largest absolute Gasteiger partial charge is 0.478 e. The quantitative estimate of drug-likeness (QED) is 0.203. The average molecular weight is 642 g/mol. The van der Waals surface area contributed by atoms with Crippen LogP contribution < -0.4 is 14.9 Å². The summed E-state index contributed by atoms with van der Waals surface area (Å²) in [6.07, 6.45) is 2.68. The number of sulfonamides is 1. The third-order valence-electron chi connectivity index (χ3n) is 6.29. The number of ether oxygens (including phenoxy) is 1. The van der Waals surface area contributed by atoms with Gasteiger partial charge >= 0.3 is 5.97 Å². The van der Waals surface area contributed by atoms with Crippen molar-refractivity contribution in [2.24, 2.45) is 0 Å². The van der Waals surface area contributed by atoms with Gasteiger partial charge in [-0.15, -0.1) is 0 Å². The Morgan fingerprint density at radius 1 is 0.909 bits per heavy atom. The summed E-state index contributed by atoms with van der Waals surface area (Å²) >= 11 is 0. The van der Waals surface area contributed by atoms with Crippen molar-refractivity contribution >= 4 is 49.1 Å². The van der Waals surface area contributed by atoms with Crippen LogP contribution in [-0.4, -0.2) is 75.0 Å². The van der Waals surface area contributed by atoms with E-state index in [1.165, 1.54) is 12.1 Å². The normalized spacial score (nSPS) is 13.4. The number of nitrogens with zero attached hydrogens (tertiary/aromatic N) is 3. The Bertz CT molecular complexity index is 1830. The highest BCUT2D eigenvalue weighted by atomic mass is 32.2. The van der Waals surface area contributed by atoms with Crippen LogP contribution in [0.5, 0.6) is 0 Å². The lowest BCUT2D eigenvalue weighted by Crippen LogP contribution is -2.37. The lowest BCUT2D eigenvalue weighted by molar-refractivity contribution is 0.0696. The van der Waals surface area contributed by atoms with Crippen LogP contribution in [0.15, 0.2) is 83.9 Å². The van der Waals surface area contributed by atoms with E-state index in [1.807, 2.05) is 11.8 Å². The summed E-state index contributed by atoms with van der Waals surface area (Å²) in [5.41, 5.74) is 4.19. The zero-order valence-electron chi connectivity index (χ0n) is 23.8. The molecule has 4 N–H and O–H groups in total. The maximum Gasteiger partial charge on any atom is 0.337 e. The Kier molecular flexibility index (Phi) is 10.2. The minimum absolute atomic E-state index is 0.0666. The molecule has 232 valence electrons. The second-order valence-corrected chi connectivity index (χ2v) is 12.9. The van der Waals surface area contributed by atoms with Gasteiger partial charge in [-0.25, -0.2) is 23.2 Å². The highest BCUT2D eigenvalue weighted by Crippen LogP contribution is 2.27. The molecule has 5 rings (SSSR count). The monoisotopic (exact) mass is 641 g/mol. The molecule has 1 aromatic heterocycles. The number of hydrogen-bond donors (Lipinski definition) is 4. The molecule has 0 atom stereocenters. The van der Waals surface area contributed by atoms with E-state index >= 15 is 0 Å². The third-order valence-corrected chi connectivity index (χ3v) is 7.77. The number of carboxylic acid groups (broad SMARTS) is 1. The van der Waals surface area contributed by atoms with Gasteiger partial charge in [0.1, 0.15) is 0 Å². The molecule has 1 aliphatic heterocycles. The van der Waals surface area contributed by atoms with Gasteiger partial charge in [0.25, 0.3) is 10.1 Å². The second kappa shape index (κ2) is 13.8. The Hall–Kier alpha value is -4.57. The summed E-state index contributed by atoms with van der Waals surface area (Å²) in [5, 5.41) is 12.8. The zero-order chi connectivity index (χ0) is 31.9. The first-order chi connectivity index (χ1) is 20.8. The number of nitrogens with one attached hydrogen (secondary N) is 2. The van der Waals surface area contributed by atoms with Crippen molar-refractivity contribution < 1.29 is 36.0 Å². The number of carboxylic acids is 1. The molecule has 0 amide bonds. The van der Waals surface area contributed by atoms with Crippen LogP contribution in [0.2, 0.25) is 0 Å². The third kappa shape index (κ3) is 9.21. The molecule has 13 nitrogen and oxygen atoms in total. The van der Waals surface area contributed by atoms with Crippen molar-refractivity contribution in [2.45, 2.75) is 11.8 Å². The molecule has 3 aromatic carbocycles. The number of aryl methyl sites for hydroxylation is 1. The summed E-state index contributed by atoms with van der Waals surface area (Å²) in [6.45, 7) is 4.23. The van der Waals surface area contributed by atoms with Crippen LogP contribution in [0.25, 0.3) is 11.3 Å². The number of aromatic nitrogens is 2. The molecule has 15 heteroatoms. The standard InChI is InChI=1S/C22H23N5O5S.C7H8O3S/c1-33(30,31)26-16-4-2-15(3-5-16)19-8-9-23-22(25-19)24-17-6-7-20(18(14-17)21(28)29)27-10-12-32-13-11-27;1-6-2-4-7(5-3-6)11(8,9)10/h2-9,14,26H,10-13H2,1H3,(H,28,29)(H,23,24,25);2-5H,1H3,(H,8,9,10). The molecule has 0 unspecified atom stereocenters. The topological polar surface area (TPSA) is 188 Å². The highest BCUT2D eigenvalue weighted by Gasteiger charge is 2.19. The van der Waals surface area contributed by atoms with Gasteiger partial charge in [0.2, 0.25) is 16.0 Å². The Morgan fingerprint density at radius 3 is 2.14 bits per heavy atom. The van der Waals surface area contributed by atoms with Crippen LogP contribution >= 0.6 is 0 Å². The summed E-state index contributed by atoms with van der Waals surface area (Å²) < 4.78 is 60.0. The highest BCUT2D eigenvalue weighted by molar-refractivity contribution is 7.92. The number of hydrogen-bond acceptors (Lipinski definition) is 10. The molecule has 1 saturated heterocycles. The Balaban J connectivity index is 0.000000339. The maximum absolute atomic E-state index is 11.9. The lowest BCUT2D eigenvalue weighted by Gasteiger charge is -2.30. The van der Waals surface area contributed by atoms with E-state index in [2.05, 4.69) is 20.0 Å². The summed E-state index contributed by atoms with van der Waals surface area (Å²) in [6, 6.07) is 19.6. The van der Waals surface area contributed by atoms with Crippen molar-refractivity contribution in [3.63, 3.8) is 0 Å². The Labute approximate surface area is 255 Å². The Morgan fingerprint density at radius 2 is 1.55 bits per heavy atom.